The van der Waals surface area contributed by atoms with Gasteiger partial charge < -0.3 is 11.5 Å². The van der Waals surface area contributed by atoms with Crippen LogP contribution in [0.15, 0.2) is 12.1 Å². The normalized spacial score (nSPS) is 10.2. The lowest BCUT2D eigenvalue weighted by atomic mass is 10.1. The van der Waals surface area contributed by atoms with Crippen molar-refractivity contribution in [3.05, 3.63) is 28.3 Å². The van der Waals surface area contributed by atoms with E-state index in [1.54, 1.807) is 0 Å². The predicted molar refractivity (Wildman–Crippen MR) is 53.1 cm³/mol. The molecule has 1 rings (SSSR count). The molecule has 0 saturated heterocycles. The summed E-state index contributed by atoms with van der Waals surface area (Å²) in [6.45, 7) is 2.55. The molecule has 0 radical (unpaired) electrons. The van der Waals surface area contributed by atoms with Gasteiger partial charge in [-0.05, 0) is 23.6 Å². The van der Waals surface area contributed by atoms with Gasteiger partial charge in [-0.15, -0.1) is 0 Å². The van der Waals surface area contributed by atoms with Crippen LogP contribution in [0, 0.1) is 0 Å². The summed E-state index contributed by atoms with van der Waals surface area (Å²) in [6, 6.07) is 3.82. The summed E-state index contributed by atoms with van der Waals surface area (Å²) in [5.74, 6) is 0. The van der Waals surface area contributed by atoms with Crippen molar-refractivity contribution in [2.75, 3.05) is 5.73 Å². The van der Waals surface area contributed by atoms with Crippen LogP contribution in [0.4, 0.5) is 5.69 Å². The molecule has 3 heteroatoms. The third-order valence-electron chi connectivity index (χ3n) is 1.89. The number of nitrogens with two attached hydrogens (primary N) is 2. The maximum absolute atomic E-state index is 5.90. The minimum Gasteiger partial charge on any atom is -0.397 e. The summed E-state index contributed by atoms with van der Waals surface area (Å²) >= 11 is 5.90. The number of nitrogen functional groups attached to an aromatic ring is 1. The molecule has 12 heavy (non-hydrogen) atoms. The Kier molecular flexibility index (Phi) is 2.95. The van der Waals surface area contributed by atoms with Gasteiger partial charge in [0.1, 0.15) is 0 Å². The van der Waals surface area contributed by atoms with E-state index in [-0.39, 0.29) is 0 Å². The number of benzene rings is 1. The second-order valence-electron chi connectivity index (χ2n) is 2.71. The SMILES string of the molecule is CCc1cc(CN)cc(Cl)c1N. The van der Waals surface area contributed by atoms with Crippen molar-refractivity contribution in [3.8, 4) is 0 Å². The molecule has 0 unspecified atom stereocenters. The molecule has 0 amide bonds. The zero-order valence-electron chi connectivity index (χ0n) is 7.10. The van der Waals surface area contributed by atoms with Crippen molar-refractivity contribution in [1.82, 2.24) is 0 Å². The van der Waals surface area contributed by atoms with Gasteiger partial charge >= 0.3 is 0 Å². The maximum atomic E-state index is 5.90. The van der Waals surface area contributed by atoms with E-state index < -0.39 is 0 Å². The van der Waals surface area contributed by atoms with Crippen molar-refractivity contribution >= 4 is 17.3 Å². The van der Waals surface area contributed by atoms with Crippen LogP contribution < -0.4 is 11.5 Å². The molecule has 0 aliphatic rings. The quantitative estimate of drug-likeness (QED) is 0.691. The summed E-state index contributed by atoms with van der Waals surface area (Å²) in [5.41, 5.74) is 14.0. The molecule has 0 aliphatic carbocycles. The zero-order chi connectivity index (χ0) is 9.14. The summed E-state index contributed by atoms with van der Waals surface area (Å²) in [5, 5.41) is 0.606. The number of halogens is 1. The summed E-state index contributed by atoms with van der Waals surface area (Å²) in [4.78, 5) is 0. The second-order valence-corrected chi connectivity index (χ2v) is 3.12. The minimum atomic E-state index is 0.507. The Balaban J connectivity index is 3.19. The molecular formula is C9H13ClN2. The molecule has 1 aromatic rings. The van der Waals surface area contributed by atoms with E-state index in [4.69, 9.17) is 23.1 Å². The molecule has 0 heterocycles. The van der Waals surface area contributed by atoms with Crippen LogP contribution in [0.3, 0.4) is 0 Å². The Hall–Kier alpha value is -0.730. The first-order valence-corrected chi connectivity index (χ1v) is 4.33. The van der Waals surface area contributed by atoms with Crippen molar-refractivity contribution in [3.63, 3.8) is 0 Å². The number of rotatable bonds is 2. The highest BCUT2D eigenvalue weighted by molar-refractivity contribution is 6.33. The predicted octanol–water partition coefficient (Wildman–Crippen LogP) is 1.94. The highest BCUT2D eigenvalue weighted by atomic mass is 35.5. The molecule has 1 aromatic carbocycles. The van der Waals surface area contributed by atoms with Crippen LogP contribution in [-0.4, -0.2) is 0 Å². The van der Waals surface area contributed by atoms with Gasteiger partial charge in [0.05, 0.1) is 10.7 Å². The van der Waals surface area contributed by atoms with Crippen LogP contribution in [0.1, 0.15) is 18.1 Å². The van der Waals surface area contributed by atoms with Crippen LogP contribution >= 0.6 is 11.6 Å². The lowest BCUT2D eigenvalue weighted by molar-refractivity contribution is 1.05. The van der Waals surface area contributed by atoms with Crippen molar-refractivity contribution in [2.24, 2.45) is 5.73 Å². The van der Waals surface area contributed by atoms with Crippen LogP contribution in [0.2, 0.25) is 5.02 Å². The Morgan fingerprint density at radius 3 is 2.58 bits per heavy atom. The first kappa shape index (κ1) is 9.36. The van der Waals surface area contributed by atoms with Gasteiger partial charge in [-0.3, -0.25) is 0 Å². The van der Waals surface area contributed by atoms with E-state index >= 15 is 0 Å². The number of anilines is 1. The Morgan fingerprint density at radius 1 is 1.42 bits per heavy atom. The highest BCUT2D eigenvalue weighted by Crippen LogP contribution is 2.25. The van der Waals surface area contributed by atoms with Gasteiger partial charge in [-0.25, -0.2) is 0 Å². The fourth-order valence-corrected chi connectivity index (χ4v) is 1.41. The summed E-state index contributed by atoms with van der Waals surface area (Å²) in [7, 11) is 0. The van der Waals surface area contributed by atoms with Gasteiger partial charge in [0.2, 0.25) is 0 Å². The molecule has 0 aromatic heterocycles. The molecule has 0 atom stereocenters. The van der Waals surface area contributed by atoms with Gasteiger partial charge in [0, 0.05) is 6.54 Å². The second kappa shape index (κ2) is 3.78. The molecule has 0 fully saturated rings. The summed E-state index contributed by atoms with van der Waals surface area (Å²) in [6.07, 6.45) is 0.888. The van der Waals surface area contributed by atoms with Crippen LogP contribution in [-0.2, 0) is 13.0 Å². The third-order valence-corrected chi connectivity index (χ3v) is 2.20. The Morgan fingerprint density at radius 2 is 2.08 bits per heavy atom. The van der Waals surface area contributed by atoms with E-state index in [1.165, 1.54) is 0 Å². The fourth-order valence-electron chi connectivity index (χ4n) is 1.15. The molecule has 4 N–H and O–H groups in total. The van der Waals surface area contributed by atoms with Crippen molar-refractivity contribution < 1.29 is 0 Å². The molecule has 0 saturated carbocycles. The Labute approximate surface area is 77.5 Å². The van der Waals surface area contributed by atoms with E-state index in [0.717, 1.165) is 17.5 Å². The summed E-state index contributed by atoms with van der Waals surface area (Å²) < 4.78 is 0. The lowest BCUT2D eigenvalue weighted by Crippen LogP contribution is -2.00. The topological polar surface area (TPSA) is 52.0 Å². The molecule has 0 aliphatic heterocycles. The number of hydrogen-bond donors (Lipinski definition) is 2. The lowest BCUT2D eigenvalue weighted by Gasteiger charge is -2.07. The molecule has 2 nitrogen and oxygen atoms in total. The zero-order valence-corrected chi connectivity index (χ0v) is 7.86. The molecule has 0 spiro atoms. The van der Waals surface area contributed by atoms with E-state index in [0.29, 0.717) is 17.3 Å². The average Bonchev–Trinajstić information content (AvgIpc) is 2.09. The highest BCUT2D eigenvalue weighted by Gasteiger charge is 2.03. The monoisotopic (exact) mass is 184 g/mol. The van der Waals surface area contributed by atoms with Gasteiger partial charge in [0.15, 0.2) is 0 Å². The van der Waals surface area contributed by atoms with Crippen molar-refractivity contribution in [2.45, 2.75) is 19.9 Å². The van der Waals surface area contributed by atoms with Gasteiger partial charge in [0.25, 0.3) is 0 Å². The fraction of sp³-hybridized carbons (Fsp3) is 0.333. The number of hydrogen-bond acceptors (Lipinski definition) is 2. The first-order valence-electron chi connectivity index (χ1n) is 3.95. The standard InChI is InChI=1S/C9H13ClN2/c1-2-7-3-6(5-11)4-8(10)9(7)12/h3-4H,2,5,11-12H2,1H3. The first-order chi connectivity index (χ1) is 5.69. The van der Waals surface area contributed by atoms with E-state index in [9.17, 15) is 0 Å². The largest absolute Gasteiger partial charge is 0.397 e. The van der Waals surface area contributed by atoms with E-state index in [2.05, 4.69) is 0 Å². The smallest absolute Gasteiger partial charge is 0.0641 e. The van der Waals surface area contributed by atoms with Gasteiger partial charge in [-0.1, -0.05) is 24.6 Å². The third kappa shape index (κ3) is 1.71. The number of aryl methyl sites for hydroxylation is 1. The van der Waals surface area contributed by atoms with Gasteiger partial charge in [-0.2, -0.15) is 0 Å². The van der Waals surface area contributed by atoms with E-state index in [1.807, 2.05) is 19.1 Å². The molecule has 0 bridgehead atoms. The minimum absolute atomic E-state index is 0.507. The molecule has 66 valence electrons. The Bertz CT molecular complexity index is 284. The van der Waals surface area contributed by atoms with Crippen LogP contribution in [0.5, 0.6) is 0 Å². The average molecular weight is 185 g/mol. The van der Waals surface area contributed by atoms with Crippen molar-refractivity contribution in [1.29, 1.82) is 0 Å². The van der Waals surface area contributed by atoms with Crippen LogP contribution in [0.25, 0.3) is 0 Å². The molecular weight excluding hydrogens is 172 g/mol. The maximum Gasteiger partial charge on any atom is 0.0641 e.